The molecule has 25 heavy (non-hydrogen) atoms. The SMILES string of the molecule is O=S(=O)(NC(c1ccccc1)c1ccccn1)c1cc(Br)ccc1F. The molecule has 0 aliphatic carbocycles. The van der Waals surface area contributed by atoms with E-state index >= 15 is 0 Å². The lowest BCUT2D eigenvalue weighted by Crippen LogP contribution is -2.30. The second-order valence-corrected chi connectivity index (χ2v) is 7.89. The molecule has 0 bridgehead atoms. The van der Waals surface area contributed by atoms with Crippen molar-refractivity contribution in [2.24, 2.45) is 0 Å². The van der Waals surface area contributed by atoms with Crippen LogP contribution in [0.5, 0.6) is 0 Å². The third-order valence-corrected chi connectivity index (χ3v) is 5.50. The molecule has 3 aromatic rings. The first-order chi connectivity index (χ1) is 12.0. The number of hydrogen-bond donors (Lipinski definition) is 1. The van der Waals surface area contributed by atoms with Gasteiger partial charge < -0.3 is 0 Å². The summed E-state index contributed by atoms with van der Waals surface area (Å²) >= 11 is 3.17. The highest BCUT2D eigenvalue weighted by molar-refractivity contribution is 9.10. The third kappa shape index (κ3) is 4.12. The summed E-state index contributed by atoms with van der Waals surface area (Å²) < 4.78 is 42.6. The van der Waals surface area contributed by atoms with Crippen molar-refractivity contribution in [3.8, 4) is 0 Å². The summed E-state index contributed by atoms with van der Waals surface area (Å²) in [5.74, 6) is -0.816. The molecule has 1 heterocycles. The highest BCUT2D eigenvalue weighted by Gasteiger charge is 2.26. The minimum absolute atomic E-state index is 0.418. The minimum Gasteiger partial charge on any atom is -0.259 e. The van der Waals surface area contributed by atoms with Gasteiger partial charge in [0.1, 0.15) is 10.7 Å². The molecule has 4 nitrogen and oxygen atoms in total. The molecule has 1 N–H and O–H groups in total. The van der Waals surface area contributed by atoms with Gasteiger partial charge >= 0.3 is 0 Å². The predicted octanol–water partition coefficient (Wildman–Crippen LogP) is 4.05. The Morgan fingerprint density at radius 2 is 1.72 bits per heavy atom. The normalized spacial score (nSPS) is 12.7. The maximum absolute atomic E-state index is 14.1. The van der Waals surface area contributed by atoms with Crippen molar-refractivity contribution in [1.29, 1.82) is 0 Å². The van der Waals surface area contributed by atoms with Gasteiger partial charge in [0.15, 0.2) is 0 Å². The molecule has 1 atom stereocenters. The second kappa shape index (κ2) is 7.43. The van der Waals surface area contributed by atoms with Crippen molar-refractivity contribution >= 4 is 26.0 Å². The molecule has 7 heteroatoms. The van der Waals surface area contributed by atoms with E-state index in [0.29, 0.717) is 15.7 Å². The molecule has 0 aliphatic heterocycles. The quantitative estimate of drug-likeness (QED) is 0.676. The van der Waals surface area contributed by atoms with E-state index in [2.05, 4.69) is 25.6 Å². The van der Waals surface area contributed by atoms with Crippen molar-refractivity contribution in [3.05, 3.63) is 94.5 Å². The smallest absolute Gasteiger partial charge is 0.244 e. The van der Waals surface area contributed by atoms with Crippen LogP contribution in [0.15, 0.2) is 82.3 Å². The highest BCUT2D eigenvalue weighted by atomic mass is 79.9. The van der Waals surface area contributed by atoms with E-state index in [1.54, 1.807) is 48.7 Å². The fraction of sp³-hybridized carbons (Fsp3) is 0.0556. The van der Waals surface area contributed by atoms with Gasteiger partial charge in [0.2, 0.25) is 10.0 Å². The van der Waals surface area contributed by atoms with Crippen LogP contribution in [-0.4, -0.2) is 13.4 Å². The number of benzene rings is 2. The summed E-state index contributed by atoms with van der Waals surface area (Å²) in [6.07, 6.45) is 1.58. The van der Waals surface area contributed by atoms with Gasteiger partial charge in [-0.05, 0) is 35.9 Å². The summed E-state index contributed by atoms with van der Waals surface area (Å²) in [6.45, 7) is 0. The van der Waals surface area contributed by atoms with Crippen LogP contribution < -0.4 is 4.72 Å². The number of aromatic nitrogens is 1. The maximum atomic E-state index is 14.1. The van der Waals surface area contributed by atoms with Gasteiger partial charge in [-0.3, -0.25) is 4.98 Å². The van der Waals surface area contributed by atoms with Crippen LogP contribution in [0.2, 0.25) is 0 Å². The van der Waals surface area contributed by atoms with Crippen LogP contribution in [0.1, 0.15) is 17.3 Å². The fourth-order valence-corrected chi connectivity index (χ4v) is 4.21. The van der Waals surface area contributed by atoms with Crippen molar-refractivity contribution in [1.82, 2.24) is 9.71 Å². The average Bonchev–Trinajstić information content (AvgIpc) is 2.63. The van der Waals surface area contributed by atoms with E-state index in [9.17, 15) is 12.8 Å². The number of hydrogen-bond acceptors (Lipinski definition) is 3. The van der Waals surface area contributed by atoms with E-state index < -0.39 is 26.8 Å². The number of pyridine rings is 1. The number of nitrogens with one attached hydrogen (secondary N) is 1. The van der Waals surface area contributed by atoms with E-state index in [4.69, 9.17) is 0 Å². The van der Waals surface area contributed by atoms with Crippen LogP contribution >= 0.6 is 15.9 Å². The predicted molar refractivity (Wildman–Crippen MR) is 96.9 cm³/mol. The lowest BCUT2D eigenvalue weighted by molar-refractivity contribution is 0.549. The summed E-state index contributed by atoms with van der Waals surface area (Å²) in [4.78, 5) is 3.83. The topological polar surface area (TPSA) is 59.1 Å². The number of halogens is 2. The van der Waals surface area contributed by atoms with E-state index in [-0.39, 0.29) is 0 Å². The second-order valence-electron chi connectivity index (χ2n) is 5.29. The highest BCUT2D eigenvalue weighted by Crippen LogP contribution is 2.25. The number of nitrogens with zero attached hydrogens (tertiary/aromatic N) is 1. The molecule has 0 fully saturated rings. The zero-order valence-electron chi connectivity index (χ0n) is 12.9. The maximum Gasteiger partial charge on any atom is 0.244 e. The molecule has 1 aromatic heterocycles. The zero-order chi connectivity index (χ0) is 17.9. The molecule has 1 unspecified atom stereocenters. The summed E-state index contributed by atoms with van der Waals surface area (Å²) in [5, 5.41) is 0. The van der Waals surface area contributed by atoms with Crippen LogP contribution in [-0.2, 0) is 10.0 Å². The molecule has 0 saturated heterocycles. The van der Waals surface area contributed by atoms with Crippen molar-refractivity contribution in [2.75, 3.05) is 0 Å². The molecule has 0 spiro atoms. The van der Waals surface area contributed by atoms with E-state index in [1.807, 2.05) is 6.07 Å². The van der Waals surface area contributed by atoms with Gasteiger partial charge in [-0.25, -0.2) is 12.8 Å². The molecular formula is C18H14BrFN2O2S. The summed E-state index contributed by atoms with van der Waals surface area (Å²) in [5.41, 5.74) is 1.23. The van der Waals surface area contributed by atoms with Gasteiger partial charge in [-0.2, -0.15) is 4.72 Å². The van der Waals surface area contributed by atoms with Crippen LogP contribution in [0.3, 0.4) is 0 Å². The number of rotatable bonds is 5. The average molecular weight is 421 g/mol. The monoisotopic (exact) mass is 420 g/mol. The van der Waals surface area contributed by atoms with Gasteiger partial charge in [0.05, 0.1) is 11.7 Å². The molecule has 0 saturated carbocycles. The minimum atomic E-state index is -4.10. The summed E-state index contributed by atoms with van der Waals surface area (Å²) in [6, 6.07) is 17.3. The first-order valence-electron chi connectivity index (χ1n) is 7.40. The van der Waals surface area contributed by atoms with Gasteiger partial charge in [0, 0.05) is 10.7 Å². The van der Waals surface area contributed by atoms with Crippen LogP contribution in [0.25, 0.3) is 0 Å². The standard InChI is InChI=1S/C18H14BrFN2O2S/c19-14-9-10-15(20)17(12-14)25(23,24)22-18(13-6-2-1-3-7-13)16-8-4-5-11-21-16/h1-12,18,22H. The zero-order valence-corrected chi connectivity index (χ0v) is 15.3. The van der Waals surface area contributed by atoms with Gasteiger partial charge in [-0.1, -0.05) is 52.3 Å². The Bertz CT molecular complexity index is 927. The molecule has 2 aromatic carbocycles. The van der Waals surface area contributed by atoms with Crippen molar-refractivity contribution in [3.63, 3.8) is 0 Å². The van der Waals surface area contributed by atoms with E-state index in [1.165, 1.54) is 12.1 Å². The lowest BCUT2D eigenvalue weighted by Gasteiger charge is -2.19. The Morgan fingerprint density at radius 1 is 1.00 bits per heavy atom. The summed E-state index contributed by atoms with van der Waals surface area (Å²) in [7, 11) is -4.10. The Labute approximate surface area is 153 Å². The molecule has 0 aliphatic rings. The Kier molecular flexibility index (Phi) is 5.27. The van der Waals surface area contributed by atoms with Crippen molar-refractivity contribution < 1.29 is 12.8 Å². The van der Waals surface area contributed by atoms with Crippen LogP contribution in [0, 0.1) is 5.82 Å². The number of sulfonamides is 1. The molecule has 0 radical (unpaired) electrons. The van der Waals surface area contributed by atoms with Gasteiger partial charge in [0.25, 0.3) is 0 Å². The first kappa shape index (κ1) is 17.7. The lowest BCUT2D eigenvalue weighted by atomic mass is 10.0. The first-order valence-corrected chi connectivity index (χ1v) is 9.68. The fourth-order valence-electron chi connectivity index (χ4n) is 2.39. The Balaban J connectivity index is 2.05. The molecule has 3 rings (SSSR count). The largest absolute Gasteiger partial charge is 0.259 e. The molecule has 0 amide bonds. The van der Waals surface area contributed by atoms with E-state index in [0.717, 1.165) is 6.07 Å². The third-order valence-electron chi connectivity index (χ3n) is 3.57. The Morgan fingerprint density at radius 3 is 2.40 bits per heavy atom. The van der Waals surface area contributed by atoms with Crippen LogP contribution in [0.4, 0.5) is 4.39 Å². The van der Waals surface area contributed by atoms with Crippen molar-refractivity contribution in [2.45, 2.75) is 10.9 Å². The molecular weight excluding hydrogens is 407 g/mol. The molecule has 128 valence electrons. The van der Waals surface area contributed by atoms with Gasteiger partial charge in [-0.15, -0.1) is 0 Å². The Hall–Kier alpha value is -2.09.